The average Bonchev–Trinajstić information content (AvgIpc) is 2.48. The van der Waals surface area contributed by atoms with Crippen LogP contribution in [0.4, 0.5) is 0 Å². The van der Waals surface area contributed by atoms with Crippen LogP contribution in [-0.4, -0.2) is 15.8 Å². The molecule has 3 rings (SSSR count). The quantitative estimate of drug-likeness (QED) is 0.519. The van der Waals surface area contributed by atoms with Gasteiger partial charge in [-0.2, -0.15) is 0 Å². The third-order valence-corrected chi connectivity index (χ3v) is 4.15. The molecule has 1 atom stereocenters. The van der Waals surface area contributed by atoms with E-state index in [0.29, 0.717) is 12.1 Å². The van der Waals surface area contributed by atoms with Gasteiger partial charge in [-0.05, 0) is 36.1 Å². The van der Waals surface area contributed by atoms with Gasteiger partial charge in [-0.25, -0.2) is 0 Å². The third kappa shape index (κ3) is 2.31. The molecule has 0 amide bonds. The van der Waals surface area contributed by atoms with Crippen molar-refractivity contribution in [1.82, 2.24) is 0 Å². The first-order valence-corrected chi connectivity index (χ1v) is 6.96. The van der Waals surface area contributed by atoms with E-state index < -0.39 is 5.41 Å². The summed E-state index contributed by atoms with van der Waals surface area (Å²) in [6.07, 6.45) is 4.24. The number of allylic oxidation sites excluding steroid dienone is 1. The maximum absolute atomic E-state index is 11.6. The van der Waals surface area contributed by atoms with Crippen molar-refractivity contribution in [2.45, 2.75) is 18.8 Å². The fourth-order valence-electron chi connectivity index (χ4n) is 3.10. The zero-order chi connectivity index (χ0) is 14.9. The van der Waals surface area contributed by atoms with Crippen LogP contribution >= 0.6 is 0 Å². The van der Waals surface area contributed by atoms with E-state index in [-0.39, 0.29) is 4.90 Å². The Labute approximate surface area is 124 Å². The van der Waals surface area contributed by atoms with Gasteiger partial charge in [0.1, 0.15) is 0 Å². The Bertz CT molecular complexity index is 715. The van der Waals surface area contributed by atoms with Gasteiger partial charge < -0.3 is 5.21 Å². The number of rotatable bonds is 2. The van der Waals surface area contributed by atoms with Crippen molar-refractivity contribution in [1.29, 1.82) is 0 Å². The van der Waals surface area contributed by atoms with Gasteiger partial charge in [-0.1, -0.05) is 54.6 Å². The van der Waals surface area contributed by atoms with Gasteiger partial charge >= 0.3 is 0 Å². The topological polar surface area (TPSA) is 46.3 Å². The molecule has 0 saturated carbocycles. The number of fused-ring (bicyclic) bond motifs is 1. The molecule has 21 heavy (non-hydrogen) atoms. The van der Waals surface area contributed by atoms with Gasteiger partial charge in [0.2, 0.25) is 0 Å². The molecule has 1 aliphatic rings. The molecule has 0 bridgehead atoms. The first-order chi connectivity index (χ1) is 10.1. The first-order valence-electron chi connectivity index (χ1n) is 6.96. The van der Waals surface area contributed by atoms with Crippen LogP contribution < -0.4 is 0 Å². The van der Waals surface area contributed by atoms with Crippen LogP contribution in [0.1, 0.15) is 23.6 Å². The van der Waals surface area contributed by atoms with E-state index in [4.69, 9.17) is 0 Å². The summed E-state index contributed by atoms with van der Waals surface area (Å²) in [4.78, 5) is -0.00458. The fraction of sp³-hybridized carbons (Fsp3) is 0.167. The molecule has 0 heterocycles. The molecule has 0 saturated heterocycles. The molecule has 1 N–H and O–H groups in total. The monoisotopic (exact) mass is 279 g/mol. The second-order valence-electron chi connectivity index (χ2n) is 5.57. The lowest BCUT2D eigenvalue weighted by Gasteiger charge is -2.31. The lowest BCUT2D eigenvalue weighted by molar-refractivity contribution is -0.727. The second-order valence-corrected chi connectivity index (χ2v) is 5.57. The standard InChI is InChI=1S/C18H17NO2/c1-18(13-14-7-3-2-4-8-14)16-10-6-5-9-15(16)11-12-17(18)19(20)21/h2-12H,13H2,1H3,(H,20,21). The number of hydrogen-bond donors (Lipinski definition) is 1. The Morgan fingerprint density at radius 2 is 1.67 bits per heavy atom. The zero-order valence-electron chi connectivity index (χ0n) is 11.9. The van der Waals surface area contributed by atoms with Crippen molar-refractivity contribution >= 4 is 11.8 Å². The maximum atomic E-state index is 11.6. The van der Waals surface area contributed by atoms with Crippen molar-refractivity contribution in [2.75, 3.05) is 0 Å². The van der Waals surface area contributed by atoms with Gasteiger partial charge in [0.15, 0.2) is 0 Å². The molecule has 0 fully saturated rings. The summed E-state index contributed by atoms with van der Waals surface area (Å²) in [5.41, 5.74) is 3.08. The van der Waals surface area contributed by atoms with Gasteiger partial charge in [0, 0.05) is 11.0 Å². The summed E-state index contributed by atoms with van der Waals surface area (Å²) in [5, 5.41) is 21.1. The van der Waals surface area contributed by atoms with Crippen LogP contribution in [0, 0.1) is 5.21 Å². The predicted molar refractivity (Wildman–Crippen MR) is 83.4 cm³/mol. The molecule has 0 spiro atoms. The Morgan fingerprint density at radius 3 is 2.38 bits per heavy atom. The molecule has 0 radical (unpaired) electrons. The molecule has 3 heteroatoms. The van der Waals surface area contributed by atoms with Gasteiger partial charge in [-0.3, -0.25) is 5.21 Å². The smallest absolute Gasteiger partial charge is 0.255 e. The van der Waals surface area contributed by atoms with Gasteiger partial charge in [-0.15, -0.1) is 0 Å². The van der Waals surface area contributed by atoms with E-state index in [2.05, 4.69) is 0 Å². The number of hydrogen-bond acceptors (Lipinski definition) is 2. The lowest BCUT2D eigenvalue weighted by Crippen LogP contribution is -2.40. The van der Waals surface area contributed by atoms with Crippen LogP contribution in [-0.2, 0) is 11.8 Å². The Morgan fingerprint density at radius 1 is 1.00 bits per heavy atom. The Kier molecular flexibility index (Phi) is 3.26. The van der Waals surface area contributed by atoms with Crippen molar-refractivity contribution in [3.63, 3.8) is 0 Å². The van der Waals surface area contributed by atoms with Crippen LogP contribution in [0.5, 0.6) is 0 Å². The molecular formula is C18H17NO2. The predicted octanol–water partition coefficient (Wildman–Crippen LogP) is 3.55. The second kappa shape index (κ2) is 5.09. The summed E-state index contributed by atoms with van der Waals surface area (Å²) in [5.74, 6) is 0. The normalized spacial score (nSPS) is 22.7. The van der Waals surface area contributed by atoms with Gasteiger partial charge in [0.05, 0.1) is 5.41 Å². The average molecular weight is 279 g/mol. The fourth-order valence-corrected chi connectivity index (χ4v) is 3.10. The van der Waals surface area contributed by atoms with E-state index in [9.17, 15) is 10.4 Å². The number of nitrogens with zero attached hydrogens (tertiary/aromatic N) is 1. The summed E-state index contributed by atoms with van der Waals surface area (Å²) in [7, 11) is 0. The van der Waals surface area contributed by atoms with E-state index in [1.54, 1.807) is 6.08 Å². The molecule has 106 valence electrons. The lowest BCUT2D eigenvalue weighted by atomic mass is 9.69. The minimum absolute atomic E-state index is 0.00458. The van der Waals surface area contributed by atoms with E-state index in [1.807, 2.05) is 67.6 Å². The van der Waals surface area contributed by atoms with Crippen molar-refractivity contribution in [3.8, 4) is 0 Å². The zero-order valence-corrected chi connectivity index (χ0v) is 11.9. The summed E-state index contributed by atoms with van der Waals surface area (Å²) in [6, 6.07) is 18.0. The molecule has 0 aromatic heterocycles. The molecular weight excluding hydrogens is 262 g/mol. The highest BCUT2D eigenvalue weighted by Crippen LogP contribution is 2.36. The first kappa shape index (κ1) is 13.4. The highest BCUT2D eigenvalue weighted by atomic mass is 16.8. The van der Waals surface area contributed by atoms with E-state index in [0.717, 1.165) is 16.7 Å². The van der Waals surface area contributed by atoms with Crippen LogP contribution in [0.25, 0.3) is 6.08 Å². The molecule has 2 aromatic carbocycles. The van der Waals surface area contributed by atoms with Crippen LogP contribution in [0.2, 0.25) is 0 Å². The van der Waals surface area contributed by atoms with Crippen molar-refractivity contribution in [3.05, 3.63) is 82.6 Å². The molecule has 3 nitrogen and oxygen atoms in total. The summed E-state index contributed by atoms with van der Waals surface area (Å²) >= 11 is 0. The molecule has 1 aliphatic carbocycles. The van der Waals surface area contributed by atoms with Gasteiger partial charge in [0.25, 0.3) is 5.71 Å². The van der Waals surface area contributed by atoms with Crippen molar-refractivity contribution < 1.29 is 10.1 Å². The minimum atomic E-state index is -0.552. The summed E-state index contributed by atoms with van der Waals surface area (Å²) in [6.45, 7) is 2.00. The Hall–Kier alpha value is -2.55. The van der Waals surface area contributed by atoms with E-state index >= 15 is 0 Å². The van der Waals surface area contributed by atoms with Crippen molar-refractivity contribution in [2.24, 2.45) is 0 Å². The van der Waals surface area contributed by atoms with E-state index in [1.165, 1.54) is 0 Å². The van der Waals surface area contributed by atoms with Crippen LogP contribution in [0.3, 0.4) is 0 Å². The Balaban J connectivity index is 2.15. The molecule has 1 unspecified atom stereocenters. The third-order valence-electron chi connectivity index (χ3n) is 4.15. The minimum Gasteiger partial charge on any atom is -0.417 e. The molecule has 0 aliphatic heterocycles. The summed E-state index contributed by atoms with van der Waals surface area (Å²) < 4.78 is 0. The highest BCUT2D eigenvalue weighted by Gasteiger charge is 2.41. The molecule has 2 aromatic rings. The number of benzene rings is 2. The SMILES string of the molecule is CC1(Cc2ccccc2)/C(=[N+](/[O-])O)C=Cc2ccccc21. The maximum Gasteiger partial charge on any atom is 0.255 e. The highest BCUT2D eigenvalue weighted by molar-refractivity contribution is 6.05. The largest absolute Gasteiger partial charge is 0.417 e. The van der Waals surface area contributed by atoms with Crippen LogP contribution in [0.15, 0.2) is 60.7 Å².